The predicted molar refractivity (Wildman–Crippen MR) is 91.0 cm³/mol. The smallest absolute Gasteiger partial charge is 0.190 e. The van der Waals surface area contributed by atoms with Crippen LogP contribution in [0.5, 0.6) is 0 Å². The van der Waals surface area contributed by atoms with Gasteiger partial charge in [-0.3, -0.25) is 14.6 Å². The van der Waals surface area contributed by atoms with Crippen molar-refractivity contribution >= 4 is 11.6 Å². The summed E-state index contributed by atoms with van der Waals surface area (Å²) in [5.41, 5.74) is 2.98. The Morgan fingerprint density at radius 3 is 2.38 bits per heavy atom. The van der Waals surface area contributed by atoms with Crippen molar-refractivity contribution in [2.75, 3.05) is 0 Å². The van der Waals surface area contributed by atoms with E-state index in [0.29, 0.717) is 5.56 Å². The minimum atomic E-state index is -0.318. The Hall–Kier alpha value is -3.14. The third kappa shape index (κ3) is 3.98. The van der Waals surface area contributed by atoms with Gasteiger partial charge in [-0.1, -0.05) is 48.5 Å². The van der Waals surface area contributed by atoms with Gasteiger partial charge in [0.05, 0.1) is 12.6 Å². The Bertz CT molecular complexity index is 846. The van der Waals surface area contributed by atoms with Crippen LogP contribution in [-0.4, -0.2) is 21.5 Å². The number of Topliss-reactive ketones (excluding diaryl/α,β-unsaturated/α-hetero) is 2. The first kappa shape index (κ1) is 15.7. The third-order valence-electron chi connectivity index (χ3n) is 3.67. The number of ketones is 2. The van der Waals surface area contributed by atoms with Crippen molar-refractivity contribution in [2.24, 2.45) is 0 Å². The van der Waals surface area contributed by atoms with E-state index in [1.54, 1.807) is 6.07 Å². The first-order valence-electron chi connectivity index (χ1n) is 7.67. The zero-order chi connectivity index (χ0) is 16.8. The molecule has 24 heavy (non-hydrogen) atoms. The summed E-state index contributed by atoms with van der Waals surface area (Å²) in [6.07, 6.45) is 4.86. The molecule has 4 nitrogen and oxygen atoms in total. The highest BCUT2D eigenvalue weighted by Crippen LogP contribution is 2.13. The van der Waals surface area contributed by atoms with Gasteiger partial charge in [0.25, 0.3) is 0 Å². The number of rotatable bonds is 6. The van der Waals surface area contributed by atoms with Crippen LogP contribution in [0, 0.1) is 0 Å². The molecule has 0 saturated heterocycles. The van der Waals surface area contributed by atoms with Crippen LogP contribution in [0.1, 0.15) is 38.4 Å². The Morgan fingerprint density at radius 1 is 0.833 bits per heavy atom. The van der Waals surface area contributed by atoms with E-state index in [1.165, 1.54) is 24.2 Å². The maximum absolute atomic E-state index is 12.4. The van der Waals surface area contributed by atoms with Gasteiger partial charge in [0.15, 0.2) is 11.6 Å². The maximum atomic E-state index is 12.4. The molecule has 0 spiro atoms. The molecule has 0 atom stereocenters. The summed E-state index contributed by atoms with van der Waals surface area (Å²) in [4.78, 5) is 32.2. The predicted octanol–water partition coefficient (Wildman–Crippen LogP) is 3.52. The van der Waals surface area contributed by atoms with Gasteiger partial charge < -0.3 is 0 Å². The van der Waals surface area contributed by atoms with Crippen molar-refractivity contribution in [3.8, 4) is 0 Å². The van der Waals surface area contributed by atoms with E-state index < -0.39 is 0 Å². The molecule has 3 rings (SSSR count). The Labute approximate surface area is 140 Å². The molecule has 0 aliphatic heterocycles. The largest absolute Gasteiger partial charge is 0.294 e. The van der Waals surface area contributed by atoms with E-state index in [9.17, 15) is 9.59 Å². The quantitative estimate of drug-likeness (QED) is 0.515. The average Bonchev–Trinajstić information content (AvgIpc) is 2.63. The SMILES string of the molecule is O=C(CC(=O)c1cnccn1)c1cccc(Cc2ccccc2)c1. The first-order valence-corrected chi connectivity index (χ1v) is 7.67. The number of nitrogens with zero attached hydrogens (tertiary/aromatic N) is 2. The Balaban J connectivity index is 1.71. The van der Waals surface area contributed by atoms with Crippen LogP contribution in [0.4, 0.5) is 0 Å². The van der Waals surface area contributed by atoms with Crippen LogP contribution in [0.3, 0.4) is 0 Å². The van der Waals surface area contributed by atoms with Gasteiger partial charge in [0, 0.05) is 18.0 Å². The highest BCUT2D eigenvalue weighted by Gasteiger charge is 2.15. The van der Waals surface area contributed by atoms with Crippen molar-refractivity contribution in [1.82, 2.24) is 9.97 Å². The molecular weight excluding hydrogens is 300 g/mol. The lowest BCUT2D eigenvalue weighted by Gasteiger charge is -2.05. The molecular formula is C20H16N2O2. The topological polar surface area (TPSA) is 59.9 Å². The molecule has 2 aromatic carbocycles. The standard InChI is InChI=1S/C20H16N2O2/c23-19(13-20(24)18-14-21-9-10-22-18)17-8-4-7-16(12-17)11-15-5-2-1-3-6-15/h1-10,12,14H,11,13H2. The monoisotopic (exact) mass is 316 g/mol. The summed E-state index contributed by atoms with van der Waals surface area (Å²) in [7, 11) is 0. The summed E-state index contributed by atoms with van der Waals surface area (Å²) < 4.78 is 0. The highest BCUT2D eigenvalue weighted by atomic mass is 16.1. The van der Waals surface area contributed by atoms with Gasteiger partial charge in [-0.25, -0.2) is 4.98 Å². The molecule has 118 valence electrons. The van der Waals surface area contributed by atoms with Crippen LogP contribution in [0.15, 0.2) is 73.2 Å². The lowest BCUT2D eigenvalue weighted by Crippen LogP contribution is -2.10. The average molecular weight is 316 g/mol. The Morgan fingerprint density at radius 2 is 1.62 bits per heavy atom. The lowest BCUT2D eigenvalue weighted by molar-refractivity contribution is 0.0891. The molecule has 0 aliphatic carbocycles. The summed E-state index contributed by atoms with van der Waals surface area (Å²) in [5.74, 6) is -0.526. The van der Waals surface area contributed by atoms with Gasteiger partial charge in [-0.05, 0) is 23.6 Å². The van der Waals surface area contributed by atoms with Crippen LogP contribution in [0.2, 0.25) is 0 Å². The van der Waals surface area contributed by atoms with E-state index in [1.807, 2.05) is 48.5 Å². The normalized spacial score (nSPS) is 10.3. The van der Waals surface area contributed by atoms with Crippen LogP contribution >= 0.6 is 0 Å². The zero-order valence-corrected chi connectivity index (χ0v) is 13.1. The molecule has 3 aromatic rings. The second kappa shape index (κ2) is 7.42. The summed E-state index contributed by atoms with van der Waals surface area (Å²) in [6.45, 7) is 0. The number of benzene rings is 2. The van der Waals surface area contributed by atoms with Crippen molar-refractivity contribution in [2.45, 2.75) is 12.8 Å². The molecule has 0 N–H and O–H groups in total. The fourth-order valence-electron chi connectivity index (χ4n) is 2.47. The molecule has 4 heteroatoms. The fourth-order valence-corrected chi connectivity index (χ4v) is 2.47. The minimum absolute atomic E-state index is 0.201. The molecule has 1 aromatic heterocycles. The molecule has 0 amide bonds. The van der Waals surface area contributed by atoms with Gasteiger partial charge in [0.2, 0.25) is 0 Å². The molecule has 0 radical (unpaired) electrons. The van der Waals surface area contributed by atoms with E-state index in [4.69, 9.17) is 0 Å². The van der Waals surface area contributed by atoms with Gasteiger partial charge in [-0.15, -0.1) is 0 Å². The lowest BCUT2D eigenvalue weighted by atomic mass is 9.99. The summed E-state index contributed by atoms with van der Waals surface area (Å²) in [6, 6.07) is 17.5. The summed E-state index contributed by atoms with van der Waals surface area (Å²) in [5, 5.41) is 0. The maximum Gasteiger partial charge on any atom is 0.190 e. The summed E-state index contributed by atoms with van der Waals surface area (Å²) >= 11 is 0. The first-order chi connectivity index (χ1) is 11.7. The van der Waals surface area contributed by atoms with Crippen molar-refractivity contribution < 1.29 is 9.59 Å². The van der Waals surface area contributed by atoms with Crippen molar-refractivity contribution in [3.63, 3.8) is 0 Å². The van der Waals surface area contributed by atoms with Crippen molar-refractivity contribution in [3.05, 3.63) is 95.6 Å². The van der Waals surface area contributed by atoms with E-state index in [2.05, 4.69) is 9.97 Å². The van der Waals surface area contributed by atoms with Gasteiger partial charge in [-0.2, -0.15) is 0 Å². The van der Waals surface area contributed by atoms with Crippen LogP contribution in [0.25, 0.3) is 0 Å². The molecule has 0 fully saturated rings. The minimum Gasteiger partial charge on any atom is -0.294 e. The van der Waals surface area contributed by atoms with Crippen LogP contribution in [-0.2, 0) is 6.42 Å². The second-order valence-corrected chi connectivity index (χ2v) is 5.48. The third-order valence-corrected chi connectivity index (χ3v) is 3.67. The number of hydrogen-bond donors (Lipinski definition) is 0. The Kier molecular flexibility index (Phi) is 4.87. The van der Waals surface area contributed by atoms with E-state index in [-0.39, 0.29) is 23.7 Å². The number of hydrogen-bond acceptors (Lipinski definition) is 4. The number of carbonyl (C=O) groups excluding carboxylic acids is 2. The molecule has 1 heterocycles. The molecule has 0 aliphatic rings. The zero-order valence-electron chi connectivity index (χ0n) is 13.1. The molecule has 0 saturated carbocycles. The molecule has 0 unspecified atom stereocenters. The van der Waals surface area contributed by atoms with Crippen molar-refractivity contribution in [1.29, 1.82) is 0 Å². The highest BCUT2D eigenvalue weighted by molar-refractivity contribution is 6.12. The van der Waals surface area contributed by atoms with E-state index >= 15 is 0 Å². The number of aromatic nitrogens is 2. The van der Waals surface area contributed by atoms with E-state index in [0.717, 1.165) is 12.0 Å². The van der Waals surface area contributed by atoms with Gasteiger partial charge in [0.1, 0.15) is 5.69 Å². The fraction of sp³-hybridized carbons (Fsp3) is 0.100. The molecule has 0 bridgehead atoms. The van der Waals surface area contributed by atoms with Gasteiger partial charge >= 0.3 is 0 Å². The second-order valence-electron chi connectivity index (χ2n) is 5.48. The number of carbonyl (C=O) groups is 2. The van der Waals surface area contributed by atoms with Crippen LogP contribution < -0.4 is 0 Å².